The molecule has 1 unspecified atom stereocenters. The number of halogens is 5. The quantitative estimate of drug-likeness (QED) is 0.772. The molecule has 0 aliphatic rings. The van der Waals surface area contributed by atoms with E-state index in [9.17, 15) is 13.2 Å². The third-order valence-electron chi connectivity index (χ3n) is 1.53. The summed E-state index contributed by atoms with van der Waals surface area (Å²) in [7, 11) is 0. The topological polar surface area (TPSA) is 38.9 Å². The normalized spacial score (nSPS) is 14.1. The summed E-state index contributed by atoms with van der Waals surface area (Å²) in [5.41, 5.74) is 4.71. The first-order valence-electron chi connectivity index (χ1n) is 3.45. The van der Waals surface area contributed by atoms with Crippen molar-refractivity contribution in [3.63, 3.8) is 0 Å². The highest BCUT2D eigenvalue weighted by molar-refractivity contribution is 6.41. The maximum Gasteiger partial charge on any atom is 0.407 e. The van der Waals surface area contributed by atoms with Gasteiger partial charge in [-0.3, -0.25) is 0 Å². The molecule has 78 valence electrons. The van der Waals surface area contributed by atoms with Gasteiger partial charge in [0.25, 0.3) is 0 Å². The van der Waals surface area contributed by atoms with Gasteiger partial charge in [-0.1, -0.05) is 23.2 Å². The third kappa shape index (κ3) is 2.50. The first-order chi connectivity index (χ1) is 6.32. The summed E-state index contributed by atoms with van der Waals surface area (Å²) in [5, 5.41) is -0.103. The minimum Gasteiger partial charge on any atom is -0.316 e. The summed E-state index contributed by atoms with van der Waals surface area (Å²) in [4.78, 5) is 3.47. The van der Waals surface area contributed by atoms with Crippen molar-refractivity contribution < 1.29 is 13.2 Å². The van der Waals surface area contributed by atoms with Crippen LogP contribution in [0.2, 0.25) is 10.2 Å². The molecule has 0 spiro atoms. The fourth-order valence-corrected chi connectivity index (χ4v) is 1.07. The second-order valence-corrected chi connectivity index (χ2v) is 3.33. The Kier molecular flexibility index (Phi) is 3.24. The van der Waals surface area contributed by atoms with E-state index in [4.69, 9.17) is 28.9 Å². The van der Waals surface area contributed by atoms with Crippen LogP contribution in [-0.2, 0) is 0 Å². The monoisotopic (exact) mass is 244 g/mol. The van der Waals surface area contributed by atoms with E-state index >= 15 is 0 Å². The van der Waals surface area contributed by atoms with E-state index in [0.717, 1.165) is 12.3 Å². The molecule has 0 aromatic carbocycles. The summed E-state index contributed by atoms with van der Waals surface area (Å²) in [5.74, 6) is 0. The Labute approximate surface area is 87.8 Å². The Morgan fingerprint density at radius 2 is 1.93 bits per heavy atom. The maximum atomic E-state index is 12.1. The van der Waals surface area contributed by atoms with Crippen LogP contribution in [0, 0.1) is 0 Å². The summed E-state index contributed by atoms with van der Waals surface area (Å²) in [6.45, 7) is 0. The maximum absolute atomic E-state index is 12.1. The molecule has 2 N–H and O–H groups in total. The summed E-state index contributed by atoms with van der Waals surface area (Å²) in [6.07, 6.45) is -3.56. The molecule has 0 aliphatic heterocycles. The van der Waals surface area contributed by atoms with Gasteiger partial charge in [0.2, 0.25) is 0 Å². The lowest BCUT2D eigenvalue weighted by atomic mass is 10.1. The number of pyridine rings is 1. The van der Waals surface area contributed by atoms with Crippen molar-refractivity contribution >= 4 is 23.2 Å². The second-order valence-electron chi connectivity index (χ2n) is 2.56. The molecule has 0 saturated carbocycles. The van der Waals surface area contributed by atoms with Crippen LogP contribution in [0.15, 0.2) is 12.3 Å². The fourth-order valence-electron chi connectivity index (χ4n) is 0.795. The van der Waals surface area contributed by atoms with E-state index in [1.165, 1.54) is 0 Å². The molecule has 0 bridgehead atoms. The van der Waals surface area contributed by atoms with Crippen molar-refractivity contribution in [3.05, 3.63) is 28.0 Å². The van der Waals surface area contributed by atoms with Crippen molar-refractivity contribution in [2.24, 2.45) is 5.73 Å². The zero-order chi connectivity index (χ0) is 10.9. The van der Waals surface area contributed by atoms with E-state index in [0.29, 0.717) is 0 Å². The van der Waals surface area contributed by atoms with Gasteiger partial charge in [-0.15, -0.1) is 0 Å². The van der Waals surface area contributed by atoms with Gasteiger partial charge in [-0.2, -0.15) is 13.2 Å². The predicted molar refractivity (Wildman–Crippen MR) is 47.2 cm³/mol. The standard InChI is InChI=1S/C7H5Cl2F3N2/c8-4-1-3(2-14-6(4)9)5(13)7(10,11)12/h1-2,5H,13H2. The van der Waals surface area contributed by atoms with Gasteiger partial charge in [-0.05, 0) is 11.6 Å². The lowest BCUT2D eigenvalue weighted by Gasteiger charge is -2.15. The van der Waals surface area contributed by atoms with E-state index in [1.54, 1.807) is 0 Å². The van der Waals surface area contributed by atoms with Crippen LogP contribution >= 0.6 is 23.2 Å². The summed E-state index contributed by atoms with van der Waals surface area (Å²) >= 11 is 10.9. The smallest absolute Gasteiger partial charge is 0.316 e. The van der Waals surface area contributed by atoms with Crippen LogP contribution in [0.25, 0.3) is 0 Å². The number of hydrogen-bond acceptors (Lipinski definition) is 2. The molecule has 7 heteroatoms. The lowest BCUT2D eigenvalue weighted by molar-refractivity contribution is -0.149. The van der Waals surface area contributed by atoms with E-state index < -0.39 is 12.2 Å². The average Bonchev–Trinajstić information content (AvgIpc) is 2.07. The highest BCUT2D eigenvalue weighted by Gasteiger charge is 2.38. The van der Waals surface area contributed by atoms with Crippen LogP contribution < -0.4 is 5.73 Å². The van der Waals surface area contributed by atoms with Crippen LogP contribution in [0.1, 0.15) is 11.6 Å². The van der Waals surface area contributed by atoms with Gasteiger partial charge in [0.15, 0.2) is 0 Å². The second kappa shape index (κ2) is 3.92. The van der Waals surface area contributed by atoms with Crippen LogP contribution in [0.4, 0.5) is 13.2 Å². The number of nitrogens with zero attached hydrogens (tertiary/aromatic N) is 1. The largest absolute Gasteiger partial charge is 0.407 e. The van der Waals surface area contributed by atoms with Crippen LogP contribution in [-0.4, -0.2) is 11.2 Å². The molecule has 0 aliphatic carbocycles. The molecule has 1 heterocycles. The van der Waals surface area contributed by atoms with Crippen LogP contribution in [0.3, 0.4) is 0 Å². The Hall–Kier alpha value is -0.520. The van der Waals surface area contributed by atoms with Crippen molar-refractivity contribution in [1.82, 2.24) is 4.98 Å². The summed E-state index contributed by atoms with van der Waals surface area (Å²) in [6, 6.07) is -1.04. The van der Waals surface area contributed by atoms with Gasteiger partial charge >= 0.3 is 6.18 Å². The fraction of sp³-hybridized carbons (Fsp3) is 0.286. The molecule has 0 amide bonds. The van der Waals surface area contributed by atoms with Gasteiger partial charge in [0.05, 0.1) is 5.02 Å². The minimum absolute atomic E-state index is 0.0511. The minimum atomic E-state index is -4.52. The third-order valence-corrected chi connectivity index (χ3v) is 2.22. The van der Waals surface area contributed by atoms with Crippen molar-refractivity contribution in [2.45, 2.75) is 12.2 Å². The lowest BCUT2D eigenvalue weighted by Crippen LogP contribution is -2.28. The molecule has 0 fully saturated rings. The van der Waals surface area contributed by atoms with E-state index in [-0.39, 0.29) is 15.7 Å². The van der Waals surface area contributed by atoms with Gasteiger partial charge in [-0.25, -0.2) is 4.98 Å². The molecule has 0 saturated heterocycles. The van der Waals surface area contributed by atoms with Crippen molar-refractivity contribution in [1.29, 1.82) is 0 Å². The Balaban J connectivity index is 3.03. The Morgan fingerprint density at radius 1 is 1.36 bits per heavy atom. The SMILES string of the molecule is NC(c1cnc(Cl)c(Cl)c1)C(F)(F)F. The molecule has 1 aromatic heterocycles. The first kappa shape index (κ1) is 11.6. The van der Waals surface area contributed by atoms with E-state index in [2.05, 4.69) is 4.98 Å². The first-order valence-corrected chi connectivity index (χ1v) is 4.21. The Morgan fingerprint density at radius 3 is 2.36 bits per heavy atom. The molecule has 1 atom stereocenters. The number of aromatic nitrogens is 1. The molecule has 0 radical (unpaired) electrons. The molecular weight excluding hydrogens is 240 g/mol. The van der Waals surface area contributed by atoms with Crippen LogP contribution in [0.5, 0.6) is 0 Å². The molecule has 1 rings (SSSR count). The highest BCUT2D eigenvalue weighted by atomic mass is 35.5. The number of alkyl halides is 3. The van der Waals surface area contributed by atoms with Gasteiger partial charge in [0.1, 0.15) is 11.2 Å². The molecule has 14 heavy (non-hydrogen) atoms. The number of rotatable bonds is 1. The number of hydrogen-bond donors (Lipinski definition) is 1. The molecular formula is C7H5Cl2F3N2. The number of nitrogens with two attached hydrogens (primary N) is 1. The van der Waals surface area contributed by atoms with Gasteiger partial charge in [0, 0.05) is 6.20 Å². The molecule has 2 nitrogen and oxygen atoms in total. The Bertz CT molecular complexity index is 340. The van der Waals surface area contributed by atoms with Crippen molar-refractivity contribution in [3.8, 4) is 0 Å². The highest BCUT2D eigenvalue weighted by Crippen LogP contribution is 2.32. The zero-order valence-electron chi connectivity index (χ0n) is 6.65. The average molecular weight is 245 g/mol. The van der Waals surface area contributed by atoms with E-state index in [1.807, 2.05) is 0 Å². The zero-order valence-corrected chi connectivity index (χ0v) is 8.16. The predicted octanol–water partition coefficient (Wildman–Crippen LogP) is 2.95. The summed E-state index contributed by atoms with van der Waals surface area (Å²) < 4.78 is 36.4. The molecule has 1 aromatic rings. The van der Waals surface area contributed by atoms with Gasteiger partial charge < -0.3 is 5.73 Å². The van der Waals surface area contributed by atoms with Crippen molar-refractivity contribution in [2.75, 3.05) is 0 Å².